The number of nitrogens with zero attached hydrogens (tertiary/aromatic N) is 2. The Bertz CT molecular complexity index is 750. The minimum atomic E-state index is -0.418. The Kier molecular flexibility index (Phi) is 6.33. The highest BCUT2D eigenvalue weighted by molar-refractivity contribution is 5.92. The molecule has 0 aliphatic rings. The number of carbonyl (C=O) groups excluding carboxylic acids is 2. The number of aryl methyl sites for hydroxylation is 3. The number of hydrogen-bond acceptors (Lipinski definition) is 4. The van der Waals surface area contributed by atoms with Crippen LogP contribution in [0.2, 0.25) is 0 Å². The summed E-state index contributed by atoms with van der Waals surface area (Å²) in [6, 6.07) is 9.59. The molecule has 1 aromatic carbocycles. The molecular formula is C19H25N3O3. The molecule has 0 atom stereocenters. The van der Waals surface area contributed by atoms with Crippen molar-refractivity contribution >= 4 is 17.6 Å². The van der Waals surface area contributed by atoms with Crippen LogP contribution >= 0.6 is 0 Å². The lowest BCUT2D eigenvalue weighted by molar-refractivity contribution is -0.147. The number of amides is 1. The molecule has 0 unspecified atom stereocenters. The van der Waals surface area contributed by atoms with Crippen LogP contribution in [0.4, 0.5) is 5.69 Å². The van der Waals surface area contributed by atoms with Gasteiger partial charge in [0, 0.05) is 11.4 Å². The van der Waals surface area contributed by atoms with Crippen molar-refractivity contribution in [2.45, 2.75) is 46.6 Å². The first-order chi connectivity index (χ1) is 11.8. The van der Waals surface area contributed by atoms with Crippen molar-refractivity contribution in [1.29, 1.82) is 0 Å². The summed E-state index contributed by atoms with van der Waals surface area (Å²) < 4.78 is 6.79. The van der Waals surface area contributed by atoms with Crippen LogP contribution in [-0.2, 0) is 20.9 Å². The van der Waals surface area contributed by atoms with E-state index in [2.05, 4.69) is 24.3 Å². The minimum Gasteiger partial charge on any atom is -0.456 e. The third kappa shape index (κ3) is 5.74. The van der Waals surface area contributed by atoms with Crippen LogP contribution in [0.15, 0.2) is 30.3 Å². The van der Waals surface area contributed by atoms with E-state index in [0.29, 0.717) is 18.2 Å². The predicted molar refractivity (Wildman–Crippen MR) is 96.4 cm³/mol. The average molecular weight is 343 g/mol. The number of rotatable bonds is 7. The monoisotopic (exact) mass is 343 g/mol. The topological polar surface area (TPSA) is 73.2 Å². The summed E-state index contributed by atoms with van der Waals surface area (Å²) in [6.45, 7) is 8.17. The van der Waals surface area contributed by atoms with Crippen molar-refractivity contribution in [3.63, 3.8) is 0 Å². The quantitative estimate of drug-likeness (QED) is 0.784. The van der Waals surface area contributed by atoms with Gasteiger partial charge in [-0.05, 0) is 43.5 Å². The third-order valence-corrected chi connectivity index (χ3v) is 3.83. The van der Waals surface area contributed by atoms with Gasteiger partial charge in [0.2, 0.25) is 0 Å². The smallest absolute Gasteiger partial charge is 0.308 e. The van der Waals surface area contributed by atoms with Gasteiger partial charge in [0.15, 0.2) is 6.61 Å². The van der Waals surface area contributed by atoms with Crippen LogP contribution < -0.4 is 5.32 Å². The number of esters is 1. The predicted octanol–water partition coefficient (Wildman–Crippen LogP) is 3.20. The molecule has 0 fully saturated rings. The molecule has 0 aliphatic carbocycles. The van der Waals surface area contributed by atoms with Gasteiger partial charge in [0.1, 0.15) is 0 Å². The van der Waals surface area contributed by atoms with E-state index >= 15 is 0 Å². The second-order valence-electron chi connectivity index (χ2n) is 6.39. The van der Waals surface area contributed by atoms with Crippen LogP contribution in [0.25, 0.3) is 0 Å². The lowest BCUT2D eigenvalue weighted by Crippen LogP contribution is -2.21. The van der Waals surface area contributed by atoms with Crippen molar-refractivity contribution in [1.82, 2.24) is 9.78 Å². The van der Waals surface area contributed by atoms with Crippen molar-refractivity contribution in [3.8, 4) is 0 Å². The van der Waals surface area contributed by atoms with Gasteiger partial charge in [0.25, 0.3) is 5.91 Å². The van der Waals surface area contributed by atoms with E-state index in [4.69, 9.17) is 4.74 Å². The van der Waals surface area contributed by atoms with Gasteiger partial charge in [-0.1, -0.05) is 26.0 Å². The Hall–Kier alpha value is -2.63. The van der Waals surface area contributed by atoms with E-state index in [1.165, 1.54) is 0 Å². The molecule has 1 amide bonds. The number of nitrogens with one attached hydrogen (secondary N) is 1. The zero-order valence-corrected chi connectivity index (χ0v) is 15.2. The molecule has 2 rings (SSSR count). The fourth-order valence-electron chi connectivity index (χ4n) is 2.49. The Morgan fingerprint density at radius 1 is 1.24 bits per heavy atom. The molecule has 0 radical (unpaired) electrons. The molecule has 6 nitrogen and oxygen atoms in total. The van der Waals surface area contributed by atoms with Gasteiger partial charge in [0.05, 0.1) is 18.7 Å². The van der Waals surface area contributed by atoms with Gasteiger partial charge in [-0.15, -0.1) is 0 Å². The van der Waals surface area contributed by atoms with Gasteiger partial charge in [-0.3, -0.25) is 14.3 Å². The lowest BCUT2D eigenvalue weighted by Gasteiger charge is -2.10. The highest BCUT2D eigenvalue weighted by Crippen LogP contribution is 2.18. The molecule has 0 spiro atoms. The fourth-order valence-corrected chi connectivity index (χ4v) is 2.49. The molecule has 1 N–H and O–H groups in total. The number of anilines is 1. The molecule has 0 bridgehead atoms. The van der Waals surface area contributed by atoms with Gasteiger partial charge in [-0.25, -0.2) is 0 Å². The second kappa shape index (κ2) is 8.46. The zero-order valence-electron chi connectivity index (χ0n) is 15.2. The summed E-state index contributed by atoms with van der Waals surface area (Å²) in [5.41, 5.74) is 3.75. The maximum Gasteiger partial charge on any atom is 0.308 e. The van der Waals surface area contributed by atoms with E-state index in [-0.39, 0.29) is 18.9 Å². The Morgan fingerprint density at radius 3 is 2.64 bits per heavy atom. The van der Waals surface area contributed by atoms with Crippen LogP contribution in [0.3, 0.4) is 0 Å². The average Bonchev–Trinajstić information content (AvgIpc) is 2.88. The molecule has 1 aromatic heterocycles. The van der Waals surface area contributed by atoms with Crippen LogP contribution in [0, 0.1) is 13.8 Å². The molecule has 0 aliphatic heterocycles. The maximum absolute atomic E-state index is 11.9. The second-order valence-corrected chi connectivity index (χ2v) is 6.39. The van der Waals surface area contributed by atoms with Gasteiger partial charge in [-0.2, -0.15) is 5.10 Å². The largest absolute Gasteiger partial charge is 0.456 e. The standard InChI is InChI=1S/C19H25N3O3/c1-13(2)16-6-5-7-17(11-16)20-18(23)12-25-19(24)8-9-22-15(4)10-14(3)21-22/h5-7,10-11,13H,8-9,12H2,1-4H3,(H,20,23). The van der Waals surface area contributed by atoms with Crippen LogP contribution in [0.5, 0.6) is 0 Å². The fraction of sp³-hybridized carbons (Fsp3) is 0.421. The normalized spacial score (nSPS) is 10.8. The zero-order chi connectivity index (χ0) is 18.4. The molecule has 25 heavy (non-hydrogen) atoms. The first kappa shape index (κ1) is 18.7. The Morgan fingerprint density at radius 2 is 2.00 bits per heavy atom. The first-order valence-electron chi connectivity index (χ1n) is 8.41. The van der Waals surface area contributed by atoms with E-state index < -0.39 is 5.97 Å². The van der Waals surface area contributed by atoms with E-state index in [9.17, 15) is 9.59 Å². The van der Waals surface area contributed by atoms with E-state index in [1.54, 1.807) is 4.68 Å². The number of aromatic nitrogens is 2. The first-order valence-corrected chi connectivity index (χ1v) is 8.41. The van der Waals surface area contributed by atoms with Crippen molar-refractivity contribution in [3.05, 3.63) is 47.3 Å². The Labute approximate surface area is 148 Å². The van der Waals surface area contributed by atoms with E-state index in [0.717, 1.165) is 17.0 Å². The van der Waals surface area contributed by atoms with Crippen molar-refractivity contribution in [2.24, 2.45) is 0 Å². The molecule has 134 valence electrons. The molecule has 2 aromatic rings. The van der Waals surface area contributed by atoms with Gasteiger partial charge < -0.3 is 10.1 Å². The summed E-state index contributed by atoms with van der Waals surface area (Å²) in [4.78, 5) is 23.7. The lowest BCUT2D eigenvalue weighted by atomic mass is 10.0. The third-order valence-electron chi connectivity index (χ3n) is 3.83. The molecule has 6 heteroatoms. The van der Waals surface area contributed by atoms with Gasteiger partial charge >= 0.3 is 5.97 Å². The van der Waals surface area contributed by atoms with E-state index in [1.807, 2.05) is 44.2 Å². The summed E-state index contributed by atoms with van der Waals surface area (Å²) in [7, 11) is 0. The number of hydrogen-bond donors (Lipinski definition) is 1. The summed E-state index contributed by atoms with van der Waals surface area (Å²) in [5.74, 6) is -0.386. The number of ether oxygens (including phenoxy) is 1. The molecule has 1 heterocycles. The van der Waals surface area contributed by atoms with Crippen LogP contribution in [-0.4, -0.2) is 28.3 Å². The molecular weight excluding hydrogens is 318 g/mol. The Balaban J connectivity index is 1.76. The summed E-state index contributed by atoms with van der Waals surface area (Å²) in [6.07, 6.45) is 0.179. The summed E-state index contributed by atoms with van der Waals surface area (Å²) >= 11 is 0. The van der Waals surface area contributed by atoms with Crippen LogP contribution in [0.1, 0.15) is 43.1 Å². The SMILES string of the molecule is Cc1cc(C)n(CCC(=O)OCC(=O)Nc2cccc(C(C)C)c2)n1. The molecule has 0 saturated heterocycles. The number of carbonyl (C=O) groups is 2. The minimum absolute atomic E-state index is 0.179. The number of benzene rings is 1. The molecule has 0 saturated carbocycles. The highest BCUT2D eigenvalue weighted by Gasteiger charge is 2.10. The van der Waals surface area contributed by atoms with Crippen molar-refractivity contribution < 1.29 is 14.3 Å². The maximum atomic E-state index is 11.9. The van der Waals surface area contributed by atoms with Crippen molar-refractivity contribution in [2.75, 3.05) is 11.9 Å². The summed E-state index contributed by atoms with van der Waals surface area (Å²) in [5, 5.41) is 7.03. The highest BCUT2D eigenvalue weighted by atomic mass is 16.5.